The Morgan fingerprint density at radius 2 is 1.76 bits per heavy atom. The second kappa shape index (κ2) is 5.59. The van der Waals surface area contributed by atoms with Gasteiger partial charge in [0.05, 0.1) is 11.3 Å². The summed E-state index contributed by atoms with van der Waals surface area (Å²) in [5.41, 5.74) is 2.40. The zero-order valence-corrected chi connectivity index (χ0v) is 12.7. The fourth-order valence-corrected chi connectivity index (χ4v) is 3.47. The molecule has 0 N–H and O–H groups in total. The summed E-state index contributed by atoms with van der Waals surface area (Å²) in [5, 5.41) is 11.8. The van der Waals surface area contributed by atoms with Gasteiger partial charge in [-0.15, -0.1) is 0 Å². The number of fused-ring (bicyclic) bond motifs is 1. The van der Waals surface area contributed by atoms with E-state index in [4.69, 9.17) is 0 Å². The molecule has 0 saturated carbocycles. The highest BCUT2D eigenvalue weighted by atomic mass is 32.2. The minimum absolute atomic E-state index is 0.666. The van der Waals surface area contributed by atoms with Crippen LogP contribution in [0.2, 0.25) is 0 Å². The lowest BCUT2D eigenvalue weighted by Crippen LogP contribution is -1.94. The van der Waals surface area contributed by atoms with Crippen LogP contribution >= 0.6 is 11.8 Å². The van der Waals surface area contributed by atoms with Crippen molar-refractivity contribution in [3.05, 3.63) is 65.5 Å². The number of hydrogen-bond acceptors (Lipinski definition) is 3. The summed E-state index contributed by atoms with van der Waals surface area (Å²) in [7, 11) is 0. The molecule has 0 aliphatic carbocycles. The number of pyridine rings is 1. The van der Waals surface area contributed by atoms with Crippen LogP contribution in [0.3, 0.4) is 0 Å². The minimum atomic E-state index is 0.666. The van der Waals surface area contributed by atoms with Crippen LogP contribution in [-0.2, 0) is 0 Å². The Kier molecular flexibility index (Phi) is 3.64. The van der Waals surface area contributed by atoms with Crippen LogP contribution in [-0.4, -0.2) is 4.98 Å². The molecule has 0 unspecified atom stereocenters. The van der Waals surface area contributed by atoms with Crippen molar-refractivity contribution in [3.63, 3.8) is 0 Å². The van der Waals surface area contributed by atoms with Gasteiger partial charge < -0.3 is 0 Å². The van der Waals surface area contributed by atoms with Crippen molar-refractivity contribution in [2.24, 2.45) is 0 Å². The number of rotatable bonds is 2. The van der Waals surface area contributed by atoms with Crippen molar-refractivity contribution in [2.75, 3.05) is 0 Å². The molecule has 0 fully saturated rings. The molecule has 0 spiro atoms. The third kappa shape index (κ3) is 2.76. The normalized spacial score (nSPS) is 10.5. The van der Waals surface area contributed by atoms with Gasteiger partial charge in [0, 0.05) is 15.5 Å². The smallest absolute Gasteiger partial charge is 0.102 e. The van der Waals surface area contributed by atoms with E-state index in [1.807, 2.05) is 32.0 Å². The SMILES string of the molecule is Cc1cc(Sc2ccc3ccccc3c2)c(C#N)c(C)n1. The Hall–Kier alpha value is -2.31. The lowest BCUT2D eigenvalue weighted by Gasteiger charge is -2.08. The molecule has 3 aromatic rings. The largest absolute Gasteiger partial charge is 0.257 e. The highest BCUT2D eigenvalue weighted by molar-refractivity contribution is 7.99. The first-order valence-corrected chi connectivity index (χ1v) is 7.54. The van der Waals surface area contributed by atoms with Gasteiger partial charge in [-0.2, -0.15) is 5.26 Å². The van der Waals surface area contributed by atoms with Crippen LogP contribution in [0, 0.1) is 25.2 Å². The quantitative estimate of drug-likeness (QED) is 0.675. The molecule has 3 rings (SSSR count). The highest BCUT2D eigenvalue weighted by Crippen LogP contribution is 2.33. The van der Waals surface area contributed by atoms with Crippen LogP contribution in [0.15, 0.2) is 58.3 Å². The Bertz CT molecular complexity index is 863. The fraction of sp³-hybridized carbons (Fsp3) is 0.111. The average molecular weight is 290 g/mol. The summed E-state index contributed by atoms with van der Waals surface area (Å²) in [6, 6.07) is 18.9. The average Bonchev–Trinajstić information content (AvgIpc) is 2.47. The van der Waals surface area contributed by atoms with Crippen LogP contribution < -0.4 is 0 Å². The maximum atomic E-state index is 9.34. The lowest BCUT2D eigenvalue weighted by atomic mass is 10.1. The van der Waals surface area contributed by atoms with Gasteiger partial charge in [0.2, 0.25) is 0 Å². The number of benzene rings is 2. The van der Waals surface area contributed by atoms with Crippen molar-refractivity contribution in [1.82, 2.24) is 4.98 Å². The summed E-state index contributed by atoms with van der Waals surface area (Å²) in [6.45, 7) is 3.84. The summed E-state index contributed by atoms with van der Waals surface area (Å²) in [6.07, 6.45) is 0. The van der Waals surface area contributed by atoms with Gasteiger partial charge >= 0.3 is 0 Å². The van der Waals surface area contributed by atoms with Crippen LogP contribution in [0.4, 0.5) is 0 Å². The van der Waals surface area contributed by atoms with E-state index in [-0.39, 0.29) is 0 Å². The Morgan fingerprint density at radius 3 is 2.52 bits per heavy atom. The molecule has 1 aromatic heterocycles. The molecular weight excluding hydrogens is 276 g/mol. The van der Waals surface area contributed by atoms with Crippen LogP contribution in [0.1, 0.15) is 17.0 Å². The Labute approximate surface area is 128 Å². The van der Waals surface area contributed by atoms with E-state index < -0.39 is 0 Å². The van der Waals surface area contributed by atoms with Crippen molar-refractivity contribution >= 4 is 22.5 Å². The lowest BCUT2D eigenvalue weighted by molar-refractivity contribution is 1.07. The standard InChI is InChI=1S/C18H14N2S/c1-12-9-18(17(11-19)13(2)20-12)21-16-8-7-14-5-3-4-6-15(14)10-16/h3-10H,1-2H3. The maximum absolute atomic E-state index is 9.34. The van der Waals surface area contributed by atoms with Crippen LogP contribution in [0.5, 0.6) is 0 Å². The van der Waals surface area contributed by atoms with Crippen molar-refractivity contribution < 1.29 is 0 Å². The molecule has 0 saturated heterocycles. The summed E-state index contributed by atoms with van der Waals surface area (Å²) in [5.74, 6) is 0. The summed E-state index contributed by atoms with van der Waals surface area (Å²) >= 11 is 1.62. The number of aryl methyl sites for hydroxylation is 2. The Balaban J connectivity index is 2.04. The van der Waals surface area contributed by atoms with E-state index in [0.717, 1.165) is 21.2 Å². The first kappa shape index (κ1) is 13.7. The molecule has 0 bridgehead atoms. The second-order valence-electron chi connectivity index (χ2n) is 4.95. The maximum Gasteiger partial charge on any atom is 0.102 e. The number of aromatic nitrogens is 1. The van der Waals surface area contributed by atoms with Gasteiger partial charge in [-0.3, -0.25) is 4.98 Å². The van der Waals surface area contributed by atoms with Gasteiger partial charge in [-0.1, -0.05) is 42.1 Å². The van der Waals surface area contributed by atoms with E-state index in [9.17, 15) is 5.26 Å². The predicted octanol–water partition coefficient (Wildman–Crippen LogP) is 4.87. The first-order valence-electron chi connectivity index (χ1n) is 6.72. The van der Waals surface area contributed by atoms with Crippen molar-refractivity contribution in [3.8, 4) is 6.07 Å². The molecule has 1 heterocycles. The molecule has 102 valence electrons. The van der Waals surface area contributed by atoms with Crippen LogP contribution in [0.25, 0.3) is 10.8 Å². The Morgan fingerprint density at radius 1 is 1.00 bits per heavy atom. The zero-order chi connectivity index (χ0) is 14.8. The van der Waals surface area contributed by atoms with Gasteiger partial charge in [-0.05, 0) is 42.8 Å². The molecule has 3 heteroatoms. The zero-order valence-electron chi connectivity index (χ0n) is 11.9. The molecule has 0 atom stereocenters. The number of nitrogens with zero attached hydrogens (tertiary/aromatic N) is 2. The molecule has 0 aliphatic heterocycles. The monoisotopic (exact) mass is 290 g/mol. The topological polar surface area (TPSA) is 36.7 Å². The van der Waals surface area contributed by atoms with Crippen molar-refractivity contribution in [2.45, 2.75) is 23.6 Å². The van der Waals surface area contributed by atoms with E-state index in [2.05, 4.69) is 41.4 Å². The molecule has 0 amide bonds. The fourth-order valence-electron chi connectivity index (χ4n) is 2.37. The van der Waals surface area contributed by atoms with E-state index >= 15 is 0 Å². The molecule has 2 nitrogen and oxygen atoms in total. The van der Waals surface area contributed by atoms with E-state index in [0.29, 0.717) is 5.56 Å². The van der Waals surface area contributed by atoms with Gasteiger partial charge in [0.25, 0.3) is 0 Å². The highest BCUT2D eigenvalue weighted by Gasteiger charge is 2.10. The minimum Gasteiger partial charge on any atom is -0.257 e. The third-order valence-corrected chi connectivity index (χ3v) is 4.38. The summed E-state index contributed by atoms with van der Waals surface area (Å²) < 4.78 is 0. The van der Waals surface area contributed by atoms with Gasteiger partial charge in [0.1, 0.15) is 6.07 Å². The molecule has 21 heavy (non-hydrogen) atoms. The number of nitriles is 1. The summed E-state index contributed by atoms with van der Waals surface area (Å²) in [4.78, 5) is 6.47. The second-order valence-corrected chi connectivity index (χ2v) is 6.06. The molecular formula is C18H14N2S. The first-order chi connectivity index (χ1) is 10.2. The van der Waals surface area contributed by atoms with E-state index in [1.54, 1.807) is 11.8 Å². The molecule has 0 aliphatic rings. The third-order valence-electron chi connectivity index (χ3n) is 3.35. The predicted molar refractivity (Wildman–Crippen MR) is 86.5 cm³/mol. The van der Waals surface area contributed by atoms with Gasteiger partial charge in [0.15, 0.2) is 0 Å². The number of hydrogen-bond donors (Lipinski definition) is 0. The van der Waals surface area contributed by atoms with Crippen molar-refractivity contribution in [1.29, 1.82) is 5.26 Å². The van der Waals surface area contributed by atoms with Gasteiger partial charge in [-0.25, -0.2) is 0 Å². The molecule has 0 radical (unpaired) electrons. The van der Waals surface area contributed by atoms with E-state index in [1.165, 1.54) is 10.8 Å². The molecule has 2 aromatic carbocycles.